The van der Waals surface area contributed by atoms with Crippen molar-refractivity contribution in [3.8, 4) is 0 Å². The van der Waals surface area contributed by atoms with E-state index in [1.165, 1.54) is 23.6 Å². The number of aromatic nitrogens is 1. The fourth-order valence-electron chi connectivity index (χ4n) is 4.57. The number of hydrogen-bond acceptors (Lipinski definition) is 5. The van der Waals surface area contributed by atoms with E-state index in [1.807, 2.05) is 4.90 Å². The van der Waals surface area contributed by atoms with Crippen molar-refractivity contribution in [2.24, 2.45) is 11.8 Å². The van der Waals surface area contributed by atoms with Crippen LogP contribution in [0.5, 0.6) is 0 Å². The van der Waals surface area contributed by atoms with Gasteiger partial charge in [0.2, 0.25) is 15.9 Å². The number of nitrogens with zero attached hydrogens (tertiary/aromatic N) is 3. The van der Waals surface area contributed by atoms with Crippen molar-refractivity contribution in [3.05, 3.63) is 11.5 Å². The van der Waals surface area contributed by atoms with Crippen LogP contribution in [0.1, 0.15) is 63.3 Å². The van der Waals surface area contributed by atoms with Crippen LogP contribution in [0.4, 0.5) is 0 Å². The second kappa shape index (κ2) is 8.95. The lowest BCUT2D eigenvalue weighted by Gasteiger charge is -2.37. The summed E-state index contributed by atoms with van der Waals surface area (Å²) in [5.41, 5.74) is 0.385. The van der Waals surface area contributed by atoms with Gasteiger partial charge in [-0.3, -0.25) is 4.79 Å². The normalized spacial score (nSPS) is 24.5. The van der Waals surface area contributed by atoms with Gasteiger partial charge >= 0.3 is 0 Å². The van der Waals surface area contributed by atoms with Gasteiger partial charge in [0.1, 0.15) is 10.6 Å². The topological polar surface area (TPSA) is 83.7 Å². The van der Waals surface area contributed by atoms with Gasteiger partial charge in [-0.15, -0.1) is 0 Å². The Kier molecular flexibility index (Phi) is 6.81. The molecule has 8 heteroatoms. The van der Waals surface area contributed by atoms with E-state index in [0.29, 0.717) is 37.6 Å². The fourth-order valence-corrected chi connectivity index (χ4v) is 6.28. The summed E-state index contributed by atoms with van der Waals surface area (Å²) in [5.74, 6) is 1.42. The number of carbonyl (C=O) groups excluding carboxylic acids is 1. The van der Waals surface area contributed by atoms with Crippen LogP contribution in [0.25, 0.3) is 0 Å². The highest BCUT2D eigenvalue weighted by atomic mass is 32.2. The Hall–Kier alpha value is -1.41. The minimum atomic E-state index is -3.63. The van der Waals surface area contributed by atoms with Gasteiger partial charge in [-0.2, -0.15) is 4.31 Å². The molecule has 1 aromatic rings. The molecule has 1 aromatic heterocycles. The van der Waals surface area contributed by atoms with E-state index in [-0.39, 0.29) is 16.7 Å². The van der Waals surface area contributed by atoms with Gasteiger partial charge in [-0.1, -0.05) is 31.3 Å². The van der Waals surface area contributed by atoms with Crippen molar-refractivity contribution in [1.29, 1.82) is 0 Å². The fraction of sp³-hybridized carbons (Fsp3) is 0.800. The Morgan fingerprint density at radius 1 is 1.11 bits per heavy atom. The molecular formula is C20H33N3O4S. The monoisotopic (exact) mass is 411 g/mol. The van der Waals surface area contributed by atoms with Crippen LogP contribution in [0, 0.1) is 25.7 Å². The molecule has 1 saturated carbocycles. The predicted octanol–water partition coefficient (Wildman–Crippen LogP) is 3.12. The Bertz CT molecular complexity index is 754. The second-order valence-corrected chi connectivity index (χ2v) is 10.1. The highest BCUT2D eigenvalue weighted by Gasteiger charge is 2.36. The summed E-state index contributed by atoms with van der Waals surface area (Å²) in [6.07, 6.45) is 8.06. The van der Waals surface area contributed by atoms with Crippen molar-refractivity contribution < 1.29 is 17.7 Å². The summed E-state index contributed by atoms with van der Waals surface area (Å²) >= 11 is 0. The molecular weight excluding hydrogens is 378 g/mol. The molecule has 0 radical (unpaired) electrons. The number of hydrogen-bond donors (Lipinski definition) is 0. The lowest BCUT2D eigenvalue weighted by Crippen LogP contribution is -2.52. The number of unbranched alkanes of at least 4 members (excludes halogenated alkanes) is 1. The quantitative estimate of drug-likeness (QED) is 0.718. The zero-order valence-electron chi connectivity index (χ0n) is 17.3. The third-order valence-electron chi connectivity index (χ3n) is 6.28. The summed E-state index contributed by atoms with van der Waals surface area (Å²) in [6.45, 7) is 7.03. The maximum absolute atomic E-state index is 12.9. The molecule has 0 aromatic carbocycles. The van der Waals surface area contributed by atoms with Crippen molar-refractivity contribution in [1.82, 2.24) is 14.4 Å². The molecule has 2 fully saturated rings. The Balaban J connectivity index is 1.53. The minimum absolute atomic E-state index is 0.114. The average Bonchev–Trinajstić information content (AvgIpc) is 3.05. The number of piperazine rings is 1. The van der Waals surface area contributed by atoms with Crippen molar-refractivity contribution in [2.45, 2.75) is 70.6 Å². The highest BCUT2D eigenvalue weighted by Crippen LogP contribution is 2.33. The van der Waals surface area contributed by atoms with Crippen molar-refractivity contribution >= 4 is 15.9 Å². The van der Waals surface area contributed by atoms with Crippen LogP contribution in [-0.4, -0.2) is 54.9 Å². The van der Waals surface area contributed by atoms with Gasteiger partial charge in [-0.05, 0) is 45.4 Å². The summed E-state index contributed by atoms with van der Waals surface area (Å²) in [5, 5.41) is 3.76. The van der Waals surface area contributed by atoms with Gasteiger partial charge in [0, 0.05) is 32.1 Å². The lowest BCUT2D eigenvalue weighted by molar-refractivity contribution is -0.138. The van der Waals surface area contributed by atoms with Gasteiger partial charge in [-0.25, -0.2) is 8.42 Å². The van der Waals surface area contributed by atoms with Crippen molar-refractivity contribution in [3.63, 3.8) is 0 Å². The van der Waals surface area contributed by atoms with Crippen LogP contribution >= 0.6 is 0 Å². The van der Waals surface area contributed by atoms with E-state index in [1.54, 1.807) is 13.8 Å². The molecule has 2 aliphatic rings. The second-order valence-electron chi connectivity index (χ2n) is 8.24. The van der Waals surface area contributed by atoms with E-state index in [2.05, 4.69) is 12.1 Å². The first kappa shape index (κ1) is 21.3. The van der Waals surface area contributed by atoms with E-state index in [4.69, 9.17) is 4.52 Å². The van der Waals surface area contributed by atoms with Gasteiger partial charge in [0.25, 0.3) is 0 Å². The van der Waals surface area contributed by atoms with Gasteiger partial charge in [0.15, 0.2) is 5.76 Å². The summed E-state index contributed by atoms with van der Waals surface area (Å²) < 4.78 is 32.3. The Morgan fingerprint density at radius 2 is 1.75 bits per heavy atom. The molecule has 158 valence electrons. The molecule has 1 aliphatic carbocycles. The summed E-state index contributed by atoms with van der Waals surface area (Å²) in [6, 6.07) is 0. The van der Waals surface area contributed by atoms with Crippen LogP contribution in [-0.2, 0) is 14.8 Å². The van der Waals surface area contributed by atoms with Crippen LogP contribution in [0.15, 0.2) is 9.42 Å². The number of carbonyl (C=O) groups is 1. The third kappa shape index (κ3) is 4.43. The average molecular weight is 412 g/mol. The highest BCUT2D eigenvalue weighted by molar-refractivity contribution is 7.89. The first-order chi connectivity index (χ1) is 13.3. The molecule has 3 rings (SSSR count). The van der Waals surface area contributed by atoms with E-state index < -0.39 is 10.0 Å². The maximum Gasteiger partial charge on any atom is 0.248 e. The van der Waals surface area contributed by atoms with Gasteiger partial charge in [0.05, 0.1) is 0 Å². The molecule has 0 atom stereocenters. The first-order valence-electron chi connectivity index (χ1n) is 10.6. The van der Waals surface area contributed by atoms with E-state index in [0.717, 1.165) is 31.6 Å². The maximum atomic E-state index is 12.9. The molecule has 0 bridgehead atoms. The number of sulfonamides is 1. The molecule has 0 N–H and O–H groups in total. The van der Waals surface area contributed by atoms with E-state index >= 15 is 0 Å². The first-order valence-corrected chi connectivity index (χ1v) is 12.0. The molecule has 1 saturated heterocycles. The predicted molar refractivity (Wildman–Crippen MR) is 106 cm³/mol. The molecule has 7 nitrogen and oxygen atoms in total. The third-order valence-corrected chi connectivity index (χ3v) is 8.42. The largest absolute Gasteiger partial charge is 0.360 e. The Labute approximate surface area is 168 Å². The van der Waals surface area contributed by atoms with E-state index in [9.17, 15) is 13.2 Å². The number of aryl methyl sites for hydroxylation is 2. The zero-order valence-corrected chi connectivity index (χ0v) is 18.1. The van der Waals surface area contributed by atoms with Crippen LogP contribution in [0.2, 0.25) is 0 Å². The lowest BCUT2D eigenvalue weighted by atomic mass is 9.79. The minimum Gasteiger partial charge on any atom is -0.360 e. The molecule has 0 spiro atoms. The number of amides is 1. The smallest absolute Gasteiger partial charge is 0.248 e. The standard InChI is InChI=1S/C20H33N3O4S/c1-4-5-6-17-7-9-18(10-8-17)20(24)22-11-13-23(14-12-22)28(25,26)19-15(2)21-27-16(19)3/h17-18H,4-14H2,1-3H3. The molecule has 1 aliphatic heterocycles. The molecule has 0 unspecified atom stereocenters. The summed E-state index contributed by atoms with van der Waals surface area (Å²) in [4.78, 5) is 14.9. The Morgan fingerprint density at radius 3 is 2.29 bits per heavy atom. The summed E-state index contributed by atoms with van der Waals surface area (Å²) in [7, 11) is -3.63. The van der Waals surface area contributed by atoms with Crippen molar-refractivity contribution in [2.75, 3.05) is 26.2 Å². The molecule has 1 amide bonds. The molecule has 2 heterocycles. The SMILES string of the molecule is CCCCC1CCC(C(=O)N2CCN(S(=O)(=O)c3c(C)noc3C)CC2)CC1. The molecule has 28 heavy (non-hydrogen) atoms. The van der Waals surface area contributed by atoms with Crippen LogP contribution < -0.4 is 0 Å². The zero-order chi connectivity index (χ0) is 20.3. The van der Waals surface area contributed by atoms with Crippen LogP contribution in [0.3, 0.4) is 0 Å². The number of rotatable bonds is 6. The van der Waals surface area contributed by atoms with Gasteiger partial charge < -0.3 is 9.42 Å².